The van der Waals surface area contributed by atoms with Crippen LogP contribution in [0.15, 0.2) is 23.3 Å². The Balaban J connectivity index is 2.20. The number of methoxy groups -OCH3 is 1. The zero-order valence-electron chi connectivity index (χ0n) is 12.2. The summed E-state index contributed by atoms with van der Waals surface area (Å²) in [4.78, 5) is 2.73. The molecule has 1 unspecified atom stereocenters. The molecule has 0 spiro atoms. The number of hydrogen-bond acceptors (Lipinski definition) is 4. The van der Waals surface area contributed by atoms with Crippen molar-refractivity contribution in [2.75, 3.05) is 20.2 Å². The number of azide groups is 1. The predicted octanol–water partition coefficient (Wildman–Crippen LogP) is 3.04. The summed E-state index contributed by atoms with van der Waals surface area (Å²) in [6, 6.07) is 8.38. The van der Waals surface area contributed by atoms with E-state index in [0.717, 1.165) is 30.6 Å². The molecule has 1 aliphatic carbocycles. The Bertz CT molecular complexity index is 588. The second kappa shape index (κ2) is 6.98. The van der Waals surface area contributed by atoms with Gasteiger partial charge in [-0.2, -0.15) is 5.26 Å². The van der Waals surface area contributed by atoms with Gasteiger partial charge in [0, 0.05) is 11.5 Å². The first-order chi connectivity index (χ1) is 10.3. The number of nitrogens with one attached hydrogen (secondary N) is 1. The summed E-state index contributed by atoms with van der Waals surface area (Å²) in [6.45, 7) is 1.08. The predicted molar refractivity (Wildman–Crippen MR) is 79.9 cm³/mol. The van der Waals surface area contributed by atoms with Gasteiger partial charge in [0.25, 0.3) is 0 Å². The SMILES string of the molecule is COc1ccc2c(c1)C(C#N)(NCCCN=[N+]=[N-])CCC2. The van der Waals surface area contributed by atoms with E-state index in [2.05, 4.69) is 21.4 Å². The van der Waals surface area contributed by atoms with E-state index in [1.54, 1.807) is 7.11 Å². The van der Waals surface area contributed by atoms with Gasteiger partial charge in [0.2, 0.25) is 0 Å². The minimum Gasteiger partial charge on any atom is -0.497 e. The molecule has 0 saturated carbocycles. The van der Waals surface area contributed by atoms with E-state index >= 15 is 0 Å². The Hall–Kier alpha value is -2.22. The van der Waals surface area contributed by atoms with Crippen molar-refractivity contribution in [1.82, 2.24) is 5.32 Å². The molecule has 0 amide bonds. The van der Waals surface area contributed by atoms with Crippen molar-refractivity contribution in [3.63, 3.8) is 0 Å². The lowest BCUT2D eigenvalue weighted by molar-refractivity contribution is 0.360. The van der Waals surface area contributed by atoms with Gasteiger partial charge >= 0.3 is 0 Å². The van der Waals surface area contributed by atoms with E-state index < -0.39 is 5.54 Å². The smallest absolute Gasteiger partial charge is 0.132 e. The maximum absolute atomic E-state index is 9.72. The first kappa shape index (κ1) is 15.2. The van der Waals surface area contributed by atoms with Crippen LogP contribution in [0.4, 0.5) is 0 Å². The molecular formula is C15H19N5O. The highest BCUT2D eigenvalue weighted by Gasteiger charge is 2.36. The van der Waals surface area contributed by atoms with E-state index in [-0.39, 0.29) is 0 Å². The molecule has 0 fully saturated rings. The summed E-state index contributed by atoms with van der Waals surface area (Å²) in [7, 11) is 1.63. The van der Waals surface area contributed by atoms with Gasteiger partial charge in [0.15, 0.2) is 0 Å². The van der Waals surface area contributed by atoms with Gasteiger partial charge in [0.05, 0.1) is 13.2 Å². The lowest BCUT2D eigenvalue weighted by atomic mass is 9.77. The van der Waals surface area contributed by atoms with Crippen molar-refractivity contribution in [1.29, 1.82) is 5.26 Å². The number of benzene rings is 1. The molecule has 1 aromatic rings. The first-order valence-corrected chi connectivity index (χ1v) is 7.10. The minimum absolute atomic E-state index is 0.440. The van der Waals surface area contributed by atoms with Crippen molar-refractivity contribution < 1.29 is 4.74 Å². The number of hydrogen-bond donors (Lipinski definition) is 1. The summed E-state index contributed by atoms with van der Waals surface area (Å²) in [5.74, 6) is 0.770. The Kier molecular flexibility index (Phi) is 5.04. The monoisotopic (exact) mass is 285 g/mol. The van der Waals surface area contributed by atoms with Crippen molar-refractivity contribution in [2.45, 2.75) is 31.2 Å². The van der Waals surface area contributed by atoms with Crippen LogP contribution < -0.4 is 10.1 Å². The summed E-state index contributed by atoms with van der Waals surface area (Å²) in [6.07, 6.45) is 3.47. The van der Waals surface area contributed by atoms with Gasteiger partial charge in [-0.3, -0.25) is 5.32 Å². The maximum atomic E-state index is 9.72. The first-order valence-electron chi connectivity index (χ1n) is 7.10. The molecule has 0 aliphatic heterocycles. The normalized spacial score (nSPS) is 20.0. The van der Waals surface area contributed by atoms with Gasteiger partial charge in [-0.1, -0.05) is 11.2 Å². The molecule has 6 nitrogen and oxygen atoms in total. The highest BCUT2D eigenvalue weighted by molar-refractivity contribution is 5.45. The quantitative estimate of drug-likeness (QED) is 0.376. The molecule has 0 bridgehead atoms. The van der Waals surface area contributed by atoms with Crippen LogP contribution in [0.5, 0.6) is 5.75 Å². The van der Waals surface area contributed by atoms with Crippen molar-refractivity contribution >= 4 is 0 Å². The average Bonchev–Trinajstić information content (AvgIpc) is 2.54. The van der Waals surface area contributed by atoms with Crippen LogP contribution in [0.1, 0.15) is 30.4 Å². The van der Waals surface area contributed by atoms with Crippen LogP contribution in [0.25, 0.3) is 10.4 Å². The van der Waals surface area contributed by atoms with Gasteiger partial charge < -0.3 is 4.74 Å². The Morgan fingerprint density at radius 2 is 2.43 bits per heavy atom. The van der Waals surface area contributed by atoms with Crippen LogP contribution in [-0.4, -0.2) is 20.2 Å². The number of nitrogens with zero attached hydrogens (tertiary/aromatic N) is 4. The fraction of sp³-hybridized carbons (Fsp3) is 0.533. The third-order valence-electron chi connectivity index (χ3n) is 3.89. The van der Waals surface area contributed by atoms with Gasteiger partial charge in [-0.25, -0.2) is 0 Å². The molecule has 110 valence electrons. The summed E-state index contributed by atoms with van der Waals surface area (Å²) >= 11 is 0. The minimum atomic E-state index is -0.668. The Morgan fingerprint density at radius 1 is 1.57 bits per heavy atom. The fourth-order valence-corrected chi connectivity index (χ4v) is 2.81. The number of fused-ring (bicyclic) bond motifs is 1. The fourth-order valence-electron chi connectivity index (χ4n) is 2.81. The van der Waals surface area contributed by atoms with Gasteiger partial charge in [-0.05, 0) is 61.0 Å². The number of rotatable bonds is 6. The molecule has 1 N–H and O–H groups in total. The molecule has 0 saturated heterocycles. The molecule has 0 radical (unpaired) electrons. The lowest BCUT2D eigenvalue weighted by Gasteiger charge is -2.34. The van der Waals surface area contributed by atoms with Gasteiger partial charge in [0.1, 0.15) is 11.3 Å². The van der Waals surface area contributed by atoms with E-state index in [0.29, 0.717) is 19.5 Å². The third-order valence-corrected chi connectivity index (χ3v) is 3.89. The summed E-state index contributed by atoms with van der Waals surface area (Å²) in [5.41, 5.74) is 9.82. The molecule has 1 aliphatic rings. The zero-order valence-corrected chi connectivity index (χ0v) is 12.2. The van der Waals surface area contributed by atoms with Gasteiger partial charge in [-0.15, -0.1) is 0 Å². The second-order valence-corrected chi connectivity index (χ2v) is 5.13. The Morgan fingerprint density at radius 3 is 3.14 bits per heavy atom. The Labute approximate surface area is 124 Å². The molecule has 21 heavy (non-hydrogen) atoms. The molecule has 2 rings (SSSR count). The topological polar surface area (TPSA) is 93.8 Å². The number of aryl methyl sites for hydroxylation is 1. The van der Waals surface area contributed by atoms with Crippen LogP contribution >= 0.6 is 0 Å². The third kappa shape index (κ3) is 3.27. The zero-order chi connectivity index (χ0) is 15.1. The molecular weight excluding hydrogens is 266 g/mol. The van der Waals surface area contributed by atoms with Crippen molar-refractivity contribution in [3.8, 4) is 11.8 Å². The van der Waals surface area contributed by atoms with E-state index in [1.165, 1.54) is 5.56 Å². The second-order valence-electron chi connectivity index (χ2n) is 5.13. The molecule has 1 aromatic carbocycles. The average molecular weight is 285 g/mol. The van der Waals surface area contributed by atoms with E-state index in [1.807, 2.05) is 18.2 Å². The molecule has 1 atom stereocenters. The molecule has 6 heteroatoms. The number of nitriles is 1. The van der Waals surface area contributed by atoms with E-state index in [4.69, 9.17) is 10.3 Å². The van der Waals surface area contributed by atoms with E-state index in [9.17, 15) is 5.26 Å². The van der Waals surface area contributed by atoms with Crippen molar-refractivity contribution in [2.24, 2.45) is 5.11 Å². The largest absolute Gasteiger partial charge is 0.497 e. The molecule has 0 heterocycles. The van der Waals surface area contributed by atoms with Crippen LogP contribution in [0, 0.1) is 11.3 Å². The summed E-state index contributed by atoms with van der Waals surface area (Å²) < 4.78 is 5.28. The summed E-state index contributed by atoms with van der Waals surface area (Å²) in [5, 5.41) is 16.6. The van der Waals surface area contributed by atoms with Crippen LogP contribution in [0.2, 0.25) is 0 Å². The standard InChI is InChI=1S/C15H19N5O/c1-21-13-6-5-12-4-2-7-15(11-16,14(12)10-13)18-8-3-9-19-20-17/h5-6,10,18H,2-4,7-9H2,1H3. The van der Waals surface area contributed by atoms with Crippen molar-refractivity contribution in [3.05, 3.63) is 39.8 Å². The highest BCUT2D eigenvalue weighted by Crippen LogP contribution is 2.37. The molecule has 0 aromatic heterocycles. The van der Waals surface area contributed by atoms with Crippen LogP contribution in [-0.2, 0) is 12.0 Å². The van der Waals surface area contributed by atoms with Crippen LogP contribution in [0.3, 0.4) is 0 Å². The lowest BCUT2D eigenvalue weighted by Crippen LogP contribution is -2.44. The maximum Gasteiger partial charge on any atom is 0.132 e. The highest BCUT2D eigenvalue weighted by atomic mass is 16.5. The number of ether oxygens (including phenoxy) is 1.